The van der Waals surface area contributed by atoms with E-state index in [-0.39, 0.29) is 16.5 Å². The van der Waals surface area contributed by atoms with Gasteiger partial charge in [0.15, 0.2) is 0 Å². The van der Waals surface area contributed by atoms with Crippen molar-refractivity contribution in [1.82, 2.24) is 9.21 Å². The van der Waals surface area contributed by atoms with E-state index in [1.807, 2.05) is 6.92 Å². The molecule has 0 radical (unpaired) electrons. The average Bonchev–Trinajstić information content (AvgIpc) is 2.67. The average molecular weight is 394 g/mol. The van der Waals surface area contributed by atoms with Gasteiger partial charge in [0.25, 0.3) is 5.91 Å². The molecule has 2 aliphatic heterocycles. The summed E-state index contributed by atoms with van der Waals surface area (Å²) in [6, 6.07) is 5.06. The van der Waals surface area contributed by atoms with Gasteiger partial charge in [0, 0.05) is 24.7 Å². The van der Waals surface area contributed by atoms with Gasteiger partial charge in [-0.2, -0.15) is 4.31 Å². The van der Waals surface area contributed by atoms with Crippen molar-refractivity contribution in [2.45, 2.75) is 62.4 Å². The molecule has 2 fully saturated rings. The summed E-state index contributed by atoms with van der Waals surface area (Å²) >= 11 is 0. The molecule has 8 heteroatoms. The third-order valence-corrected chi connectivity index (χ3v) is 7.49. The molecule has 0 unspecified atom stereocenters. The van der Waals surface area contributed by atoms with Crippen LogP contribution in [0.15, 0.2) is 29.2 Å². The fourth-order valence-electron chi connectivity index (χ4n) is 3.95. The molecule has 2 heterocycles. The summed E-state index contributed by atoms with van der Waals surface area (Å²) in [5, 5.41) is 9.39. The van der Waals surface area contributed by atoms with Gasteiger partial charge >= 0.3 is 5.97 Å². The minimum absolute atomic E-state index is 0.0680. The quantitative estimate of drug-likeness (QED) is 0.846. The third kappa shape index (κ3) is 4.01. The number of amides is 1. The van der Waals surface area contributed by atoms with Gasteiger partial charge in [-0.05, 0) is 57.2 Å². The molecule has 1 aromatic rings. The first-order valence-electron chi connectivity index (χ1n) is 9.48. The SMILES string of the molecule is C[C@@H]1CCCCN1S(=O)(=O)c1cccc(C(=O)N2CCCC[C@@H]2C(=O)O)c1. The van der Waals surface area contributed by atoms with Crippen LogP contribution in [0.25, 0.3) is 0 Å². The summed E-state index contributed by atoms with van der Waals surface area (Å²) in [6.45, 7) is 2.75. The second-order valence-electron chi connectivity index (χ2n) is 7.34. The van der Waals surface area contributed by atoms with E-state index in [0.29, 0.717) is 19.5 Å². The van der Waals surface area contributed by atoms with Crippen molar-refractivity contribution in [3.8, 4) is 0 Å². The number of carboxylic acid groups (broad SMARTS) is 1. The Morgan fingerprint density at radius 1 is 1.07 bits per heavy atom. The first-order valence-corrected chi connectivity index (χ1v) is 10.9. The van der Waals surface area contributed by atoms with Crippen LogP contribution < -0.4 is 0 Å². The molecule has 0 aromatic heterocycles. The van der Waals surface area contributed by atoms with Gasteiger partial charge in [-0.15, -0.1) is 0 Å². The number of aliphatic carboxylic acids is 1. The van der Waals surface area contributed by atoms with E-state index in [1.165, 1.54) is 21.3 Å². The van der Waals surface area contributed by atoms with Gasteiger partial charge in [-0.3, -0.25) is 4.79 Å². The normalized spacial score (nSPS) is 24.6. The van der Waals surface area contributed by atoms with Crippen LogP contribution in [0.1, 0.15) is 55.8 Å². The maximum absolute atomic E-state index is 13.0. The van der Waals surface area contributed by atoms with Crippen LogP contribution in [0.5, 0.6) is 0 Å². The number of piperidine rings is 2. The number of benzene rings is 1. The number of carboxylic acids is 1. The Bertz CT molecular complexity index is 823. The minimum atomic E-state index is -3.68. The van der Waals surface area contributed by atoms with Crippen molar-refractivity contribution < 1.29 is 23.1 Å². The van der Waals surface area contributed by atoms with Crippen LogP contribution in [0.3, 0.4) is 0 Å². The molecule has 148 valence electrons. The molecule has 7 nitrogen and oxygen atoms in total. The number of sulfonamides is 1. The van der Waals surface area contributed by atoms with Gasteiger partial charge < -0.3 is 10.0 Å². The van der Waals surface area contributed by atoms with Crippen LogP contribution in [0.4, 0.5) is 0 Å². The van der Waals surface area contributed by atoms with E-state index >= 15 is 0 Å². The smallest absolute Gasteiger partial charge is 0.326 e. The van der Waals surface area contributed by atoms with Gasteiger partial charge in [0.05, 0.1) is 4.90 Å². The zero-order valence-electron chi connectivity index (χ0n) is 15.5. The van der Waals surface area contributed by atoms with E-state index in [4.69, 9.17) is 0 Å². The Labute approximate surface area is 160 Å². The van der Waals surface area contributed by atoms with Crippen LogP contribution in [0, 0.1) is 0 Å². The van der Waals surface area contributed by atoms with E-state index in [0.717, 1.165) is 32.1 Å². The minimum Gasteiger partial charge on any atom is -0.480 e. The highest BCUT2D eigenvalue weighted by Gasteiger charge is 2.34. The standard InChI is InChI=1S/C19H26N2O5S/c1-14-7-2-5-12-21(14)27(25,26)16-9-6-8-15(13-16)18(22)20-11-4-3-10-17(20)19(23)24/h6,8-9,13-14,17H,2-5,7,10-12H2,1H3,(H,23,24)/t14-,17-/m1/s1. The Morgan fingerprint density at radius 3 is 2.48 bits per heavy atom. The van der Waals surface area contributed by atoms with Crippen molar-refractivity contribution in [2.75, 3.05) is 13.1 Å². The van der Waals surface area contributed by atoms with Gasteiger partial charge in [-0.1, -0.05) is 12.5 Å². The van der Waals surface area contributed by atoms with Gasteiger partial charge in [0.2, 0.25) is 10.0 Å². The topological polar surface area (TPSA) is 95.0 Å². The lowest BCUT2D eigenvalue weighted by Gasteiger charge is -2.33. The number of carbonyl (C=O) groups is 2. The van der Waals surface area contributed by atoms with E-state index in [2.05, 4.69) is 0 Å². The Hall–Kier alpha value is -1.93. The lowest BCUT2D eigenvalue weighted by molar-refractivity contribution is -0.143. The summed E-state index contributed by atoms with van der Waals surface area (Å²) in [5.74, 6) is -1.44. The number of hydrogen-bond donors (Lipinski definition) is 1. The second-order valence-corrected chi connectivity index (χ2v) is 9.23. The Kier molecular flexibility index (Phi) is 5.86. The highest BCUT2D eigenvalue weighted by molar-refractivity contribution is 7.89. The van der Waals surface area contributed by atoms with E-state index < -0.39 is 27.9 Å². The highest BCUT2D eigenvalue weighted by Crippen LogP contribution is 2.26. The molecule has 1 amide bonds. The summed E-state index contributed by atoms with van der Waals surface area (Å²) in [5.41, 5.74) is 0.217. The van der Waals surface area contributed by atoms with Crippen molar-refractivity contribution in [3.63, 3.8) is 0 Å². The second kappa shape index (κ2) is 7.98. The lowest BCUT2D eigenvalue weighted by Crippen LogP contribution is -2.48. The van der Waals surface area contributed by atoms with E-state index in [9.17, 15) is 23.1 Å². The summed E-state index contributed by atoms with van der Waals surface area (Å²) in [4.78, 5) is 25.8. The molecule has 0 spiro atoms. The van der Waals surface area contributed by atoms with Gasteiger partial charge in [-0.25, -0.2) is 13.2 Å². The molecule has 3 rings (SSSR count). The Morgan fingerprint density at radius 2 is 1.78 bits per heavy atom. The van der Waals surface area contributed by atoms with Crippen molar-refractivity contribution in [2.24, 2.45) is 0 Å². The van der Waals surface area contributed by atoms with Crippen LogP contribution in [0.2, 0.25) is 0 Å². The third-order valence-electron chi connectivity index (χ3n) is 5.48. The zero-order chi connectivity index (χ0) is 19.6. The van der Waals surface area contributed by atoms with Gasteiger partial charge in [0.1, 0.15) is 6.04 Å². The molecule has 1 N–H and O–H groups in total. The molecule has 2 saturated heterocycles. The maximum atomic E-state index is 13.0. The molecule has 0 aliphatic carbocycles. The summed E-state index contributed by atoms with van der Waals surface area (Å²) in [6.07, 6.45) is 4.60. The number of rotatable bonds is 4. The maximum Gasteiger partial charge on any atom is 0.326 e. The summed E-state index contributed by atoms with van der Waals surface area (Å²) < 4.78 is 27.6. The van der Waals surface area contributed by atoms with Crippen LogP contribution in [-0.2, 0) is 14.8 Å². The lowest BCUT2D eigenvalue weighted by atomic mass is 10.0. The van der Waals surface area contributed by atoms with Crippen LogP contribution in [-0.4, -0.2) is 59.8 Å². The number of nitrogens with zero attached hydrogens (tertiary/aromatic N) is 2. The predicted molar refractivity (Wildman–Crippen MR) is 100.0 cm³/mol. The zero-order valence-corrected chi connectivity index (χ0v) is 16.3. The molecular formula is C19H26N2O5S. The monoisotopic (exact) mass is 394 g/mol. The molecule has 2 aliphatic rings. The first-order chi connectivity index (χ1) is 12.8. The largest absolute Gasteiger partial charge is 0.480 e. The fourth-order valence-corrected chi connectivity index (χ4v) is 5.70. The molecular weight excluding hydrogens is 368 g/mol. The van der Waals surface area contributed by atoms with Crippen molar-refractivity contribution >= 4 is 21.9 Å². The number of hydrogen-bond acceptors (Lipinski definition) is 4. The number of carbonyl (C=O) groups excluding carboxylic acids is 1. The predicted octanol–water partition coefficient (Wildman–Crippen LogP) is 2.33. The highest BCUT2D eigenvalue weighted by atomic mass is 32.2. The molecule has 0 saturated carbocycles. The summed E-state index contributed by atoms with van der Waals surface area (Å²) in [7, 11) is -3.68. The first kappa shape index (κ1) is 19.8. The van der Waals surface area contributed by atoms with Crippen molar-refractivity contribution in [1.29, 1.82) is 0 Å². The molecule has 0 bridgehead atoms. The molecule has 27 heavy (non-hydrogen) atoms. The molecule has 1 aromatic carbocycles. The number of likely N-dealkylation sites (tertiary alicyclic amines) is 1. The fraction of sp³-hybridized carbons (Fsp3) is 0.579. The van der Waals surface area contributed by atoms with Crippen LogP contribution >= 0.6 is 0 Å². The van der Waals surface area contributed by atoms with Crippen molar-refractivity contribution in [3.05, 3.63) is 29.8 Å². The van der Waals surface area contributed by atoms with E-state index in [1.54, 1.807) is 12.1 Å². The Balaban J connectivity index is 1.88. The molecule has 2 atom stereocenters.